The van der Waals surface area contributed by atoms with Crippen LogP contribution in [-0.4, -0.2) is 43.1 Å². The average Bonchev–Trinajstić information content (AvgIpc) is 2.60. The van der Waals surface area contributed by atoms with Crippen LogP contribution in [0.2, 0.25) is 0 Å². The lowest BCUT2D eigenvalue weighted by molar-refractivity contribution is -0.151. The molecule has 1 aliphatic heterocycles. The Morgan fingerprint density at radius 1 is 1.28 bits per heavy atom. The quantitative estimate of drug-likeness (QED) is 0.668. The van der Waals surface area contributed by atoms with Gasteiger partial charge in [-0.3, -0.25) is 9.59 Å². The van der Waals surface area contributed by atoms with Crippen molar-refractivity contribution < 1.29 is 19.1 Å². The van der Waals surface area contributed by atoms with Crippen LogP contribution >= 0.6 is 15.9 Å². The number of ether oxygens (including phenoxy) is 2. The minimum Gasteiger partial charge on any atom is -0.483 e. The minimum absolute atomic E-state index is 0.00367. The number of likely N-dealkylation sites (tertiary alicyclic amines) is 1. The SMILES string of the molecule is CCOC(=O)C1CCN(C(=O)COc2ccc(C(C)C)cc2Br)CC1. The molecule has 1 fully saturated rings. The van der Waals surface area contributed by atoms with E-state index in [4.69, 9.17) is 9.47 Å². The molecule has 6 heteroatoms. The Hall–Kier alpha value is -1.56. The Morgan fingerprint density at radius 2 is 1.96 bits per heavy atom. The lowest BCUT2D eigenvalue weighted by Gasteiger charge is -2.30. The molecule has 1 aromatic carbocycles. The maximum atomic E-state index is 12.3. The molecule has 25 heavy (non-hydrogen) atoms. The summed E-state index contributed by atoms with van der Waals surface area (Å²) in [5, 5.41) is 0. The van der Waals surface area contributed by atoms with Crippen LogP contribution in [0.3, 0.4) is 0 Å². The standard InChI is InChI=1S/C19H26BrNO4/c1-4-24-19(23)14-7-9-21(10-8-14)18(22)12-25-17-6-5-15(13(2)3)11-16(17)20/h5-6,11,13-14H,4,7-10,12H2,1-3H3. The van der Waals surface area contributed by atoms with Crippen molar-refractivity contribution in [2.45, 2.75) is 39.5 Å². The second kappa shape index (κ2) is 9.22. The molecule has 5 nitrogen and oxygen atoms in total. The van der Waals surface area contributed by atoms with Crippen LogP contribution in [-0.2, 0) is 14.3 Å². The fourth-order valence-corrected chi connectivity index (χ4v) is 3.36. The smallest absolute Gasteiger partial charge is 0.309 e. The Morgan fingerprint density at radius 3 is 2.52 bits per heavy atom. The number of nitrogens with zero attached hydrogens (tertiary/aromatic N) is 1. The van der Waals surface area contributed by atoms with E-state index >= 15 is 0 Å². The molecule has 138 valence electrons. The number of carbonyl (C=O) groups excluding carboxylic acids is 2. The van der Waals surface area contributed by atoms with E-state index in [1.165, 1.54) is 5.56 Å². The molecule has 0 aromatic heterocycles. The van der Waals surface area contributed by atoms with Gasteiger partial charge in [-0.2, -0.15) is 0 Å². The van der Waals surface area contributed by atoms with Gasteiger partial charge in [-0.15, -0.1) is 0 Å². The number of esters is 1. The van der Waals surface area contributed by atoms with Crippen molar-refractivity contribution in [2.24, 2.45) is 5.92 Å². The first kappa shape index (κ1) is 19.8. The first-order valence-corrected chi connectivity index (χ1v) is 9.58. The molecule has 1 aliphatic rings. The number of hydrogen-bond acceptors (Lipinski definition) is 4. The predicted molar refractivity (Wildman–Crippen MR) is 99.7 cm³/mol. The van der Waals surface area contributed by atoms with Crippen LogP contribution in [0, 0.1) is 5.92 Å². The summed E-state index contributed by atoms with van der Waals surface area (Å²) in [6.45, 7) is 7.61. The molecule has 2 rings (SSSR count). The molecular weight excluding hydrogens is 386 g/mol. The molecule has 1 aromatic rings. The summed E-state index contributed by atoms with van der Waals surface area (Å²) >= 11 is 3.50. The summed E-state index contributed by atoms with van der Waals surface area (Å²) in [4.78, 5) is 25.8. The first-order valence-electron chi connectivity index (χ1n) is 8.79. The van der Waals surface area contributed by atoms with Gasteiger partial charge in [0.1, 0.15) is 5.75 Å². The number of rotatable bonds is 6. The highest BCUT2D eigenvalue weighted by Gasteiger charge is 2.28. The number of piperidine rings is 1. The van der Waals surface area contributed by atoms with Crippen molar-refractivity contribution in [3.63, 3.8) is 0 Å². The zero-order valence-corrected chi connectivity index (χ0v) is 16.7. The van der Waals surface area contributed by atoms with Gasteiger partial charge in [0.05, 0.1) is 17.0 Å². The highest BCUT2D eigenvalue weighted by molar-refractivity contribution is 9.10. The molecular formula is C19H26BrNO4. The summed E-state index contributed by atoms with van der Waals surface area (Å²) in [6.07, 6.45) is 1.30. The van der Waals surface area contributed by atoms with Gasteiger partial charge in [-0.1, -0.05) is 19.9 Å². The van der Waals surface area contributed by atoms with E-state index in [0.29, 0.717) is 44.2 Å². The zero-order chi connectivity index (χ0) is 18.4. The van der Waals surface area contributed by atoms with Gasteiger partial charge >= 0.3 is 5.97 Å². The lowest BCUT2D eigenvalue weighted by atomic mass is 9.97. The van der Waals surface area contributed by atoms with Gasteiger partial charge in [0.15, 0.2) is 6.61 Å². The second-order valence-electron chi connectivity index (χ2n) is 6.54. The van der Waals surface area contributed by atoms with E-state index in [-0.39, 0.29) is 24.4 Å². The lowest BCUT2D eigenvalue weighted by Crippen LogP contribution is -2.42. The van der Waals surface area contributed by atoms with Crippen LogP contribution < -0.4 is 4.74 Å². The molecule has 1 saturated heterocycles. The molecule has 0 bridgehead atoms. The van der Waals surface area contributed by atoms with Gasteiger partial charge in [0.2, 0.25) is 0 Å². The highest BCUT2D eigenvalue weighted by atomic mass is 79.9. The Balaban J connectivity index is 1.82. The van der Waals surface area contributed by atoms with E-state index in [1.54, 1.807) is 11.8 Å². The second-order valence-corrected chi connectivity index (χ2v) is 7.39. The van der Waals surface area contributed by atoms with Gasteiger partial charge in [0, 0.05) is 13.1 Å². The summed E-state index contributed by atoms with van der Waals surface area (Å²) in [5.74, 6) is 0.802. The van der Waals surface area contributed by atoms with Crippen molar-refractivity contribution in [2.75, 3.05) is 26.3 Å². The molecule has 0 radical (unpaired) electrons. The fourth-order valence-electron chi connectivity index (χ4n) is 2.85. The van der Waals surface area contributed by atoms with E-state index < -0.39 is 0 Å². The van der Waals surface area contributed by atoms with E-state index in [9.17, 15) is 9.59 Å². The van der Waals surface area contributed by atoms with Crippen LogP contribution in [0.25, 0.3) is 0 Å². The Bertz CT molecular complexity index is 609. The van der Waals surface area contributed by atoms with E-state index in [0.717, 1.165) is 4.47 Å². The average molecular weight is 412 g/mol. The highest BCUT2D eigenvalue weighted by Crippen LogP contribution is 2.29. The molecule has 1 heterocycles. The van der Waals surface area contributed by atoms with E-state index in [1.807, 2.05) is 18.2 Å². The Labute approximate surface area is 157 Å². The van der Waals surface area contributed by atoms with Crippen molar-refractivity contribution in [3.8, 4) is 5.75 Å². The monoisotopic (exact) mass is 411 g/mol. The largest absolute Gasteiger partial charge is 0.483 e. The van der Waals surface area contributed by atoms with Gasteiger partial charge in [-0.25, -0.2) is 0 Å². The maximum absolute atomic E-state index is 12.3. The molecule has 0 unspecified atom stereocenters. The van der Waals surface area contributed by atoms with Crippen LogP contribution in [0.4, 0.5) is 0 Å². The number of hydrogen-bond donors (Lipinski definition) is 0. The third-order valence-electron chi connectivity index (χ3n) is 4.44. The van der Waals surface area contributed by atoms with Crippen LogP contribution in [0.5, 0.6) is 5.75 Å². The van der Waals surface area contributed by atoms with Gasteiger partial charge < -0.3 is 14.4 Å². The van der Waals surface area contributed by atoms with Gasteiger partial charge in [0.25, 0.3) is 5.91 Å². The molecule has 0 atom stereocenters. The number of benzene rings is 1. The number of halogens is 1. The zero-order valence-electron chi connectivity index (χ0n) is 15.1. The van der Waals surface area contributed by atoms with Crippen LogP contribution in [0.1, 0.15) is 45.1 Å². The summed E-state index contributed by atoms with van der Waals surface area (Å²) in [6, 6.07) is 5.93. The van der Waals surface area contributed by atoms with Crippen molar-refractivity contribution >= 4 is 27.8 Å². The summed E-state index contributed by atoms with van der Waals surface area (Å²) < 4.78 is 11.6. The normalized spacial score (nSPS) is 15.3. The molecule has 0 spiro atoms. The minimum atomic E-state index is -0.153. The van der Waals surface area contributed by atoms with Crippen LogP contribution in [0.15, 0.2) is 22.7 Å². The maximum Gasteiger partial charge on any atom is 0.309 e. The summed E-state index contributed by atoms with van der Waals surface area (Å²) in [5.41, 5.74) is 1.21. The first-order chi connectivity index (χ1) is 11.9. The topological polar surface area (TPSA) is 55.8 Å². The Kier molecular flexibility index (Phi) is 7.29. The molecule has 1 amide bonds. The molecule has 0 aliphatic carbocycles. The molecule has 0 saturated carbocycles. The van der Waals surface area contributed by atoms with Crippen molar-refractivity contribution in [1.82, 2.24) is 4.90 Å². The number of carbonyl (C=O) groups is 2. The van der Waals surface area contributed by atoms with Gasteiger partial charge in [-0.05, 0) is 59.3 Å². The molecule has 0 N–H and O–H groups in total. The van der Waals surface area contributed by atoms with E-state index in [2.05, 4.69) is 29.8 Å². The number of amides is 1. The predicted octanol–water partition coefficient (Wildman–Crippen LogP) is 3.75. The fraction of sp³-hybridized carbons (Fsp3) is 0.579. The third kappa shape index (κ3) is 5.46. The summed E-state index contributed by atoms with van der Waals surface area (Å²) in [7, 11) is 0. The third-order valence-corrected chi connectivity index (χ3v) is 5.06. The van der Waals surface area contributed by atoms with Crippen molar-refractivity contribution in [1.29, 1.82) is 0 Å². The van der Waals surface area contributed by atoms with Crippen molar-refractivity contribution in [3.05, 3.63) is 28.2 Å².